The van der Waals surface area contributed by atoms with Crippen molar-refractivity contribution in [3.8, 4) is 17.4 Å². The fraction of sp³-hybridized carbons (Fsp3) is 0.200. The van der Waals surface area contributed by atoms with Crippen molar-refractivity contribution >= 4 is 5.97 Å². The van der Waals surface area contributed by atoms with E-state index in [4.69, 9.17) is 14.6 Å². The number of pyridine rings is 1. The van der Waals surface area contributed by atoms with E-state index in [2.05, 4.69) is 4.98 Å². The maximum Gasteiger partial charge on any atom is 0.345 e. The Morgan fingerprint density at radius 3 is 3.00 bits per heavy atom. The van der Waals surface area contributed by atoms with Crippen molar-refractivity contribution in [2.75, 3.05) is 0 Å². The van der Waals surface area contributed by atoms with Gasteiger partial charge in [0.25, 0.3) is 0 Å². The van der Waals surface area contributed by atoms with Crippen LogP contribution in [-0.4, -0.2) is 22.2 Å². The van der Waals surface area contributed by atoms with Crippen LogP contribution in [0.5, 0.6) is 17.4 Å². The summed E-state index contributed by atoms with van der Waals surface area (Å²) in [5.74, 6) is 0.678. The first-order valence-corrected chi connectivity index (χ1v) is 6.25. The molecule has 1 aliphatic heterocycles. The molecule has 1 N–H and O–H groups in total. The van der Waals surface area contributed by atoms with E-state index in [1.54, 1.807) is 18.3 Å². The molecule has 5 heteroatoms. The van der Waals surface area contributed by atoms with Gasteiger partial charge in [0.2, 0.25) is 5.88 Å². The van der Waals surface area contributed by atoms with Gasteiger partial charge in [-0.1, -0.05) is 6.07 Å². The zero-order chi connectivity index (χ0) is 14.1. The van der Waals surface area contributed by atoms with Crippen molar-refractivity contribution in [1.82, 2.24) is 4.98 Å². The zero-order valence-corrected chi connectivity index (χ0v) is 10.9. The summed E-state index contributed by atoms with van der Waals surface area (Å²) < 4.78 is 11.0. The Morgan fingerprint density at radius 1 is 1.40 bits per heavy atom. The number of carboxylic acid groups (broad SMARTS) is 1. The van der Waals surface area contributed by atoms with Crippen LogP contribution < -0.4 is 9.47 Å². The molecule has 5 nitrogen and oxygen atoms in total. The molecule has 1 aliphatic rings. The first kappa shape index (κ1) is 12.5. The SMILES string of the molecule is Cc1ccnc(Oc2ccc3c(c2)OC(C(=O)O)C3)c1. The monoisotopic (exact) mass is 271 g/mol. The fourth-order valence-corrected chi connectivity index (χ4v) is 2.09. The van der Waals surface area contributed by atoms with Gasteiger partial charge in [-0.15, -0.1) is 0 Å². The van der Waals surface area contributed by atoms with Gasteiger partial charge in [0.1, 0.15) is 11.5 Å². The number of aromatic nitrogens is 1. The fourth-order valence-electron chi connectivity index (χ4n) is 2.09. The number of nitrogens with zero attached hydrogens (tertiary/aromatic N) is 1. The number of benzene rings is 1. The average Bonchev–Trinajstić information content (AvgIpc) is 2.82. The van der Waals surface area contributed by atoms with Crippen LogP contribution in [0.4, 0.5) is 0 Å². The number of carbonyl (C=O) groups is 1. The van der Waals surface area contributed by atoms with Crippen LogP contribution in [0.25, 0.3) is 0 Å². The number of hydrogen-bond acceptors (Lipinski definition) is 4. The molecular weight excluding hydrogens is 258 g/mol. The van der Waals surface area contributed by atoms with Crippen molar-refractivity contribution in [2.45, 2.75) is 19.4 Å². The molecule has 0 fully saturated rings. The van der Waals surface area contributed by atoms with Crippen LogP contribution in [0, 0.1) is 6.92 Å². The lowest BCUT2D eigenvalue weighted by Crippen LogP contribution is -2.24. The Bertz CT molecular complexity index is 669. The molecule has 1 atom stereocenters. The second kappa shape index (κ2) is 4.85. The molecule has 1 unspecified atom stereocenters. The molecule has 0 radical (unpaired) electrons. The standard InChI is InChI=1S/C15H13NO4/c1-9-4-5-16-14(6-9)19-11-3-2-10-7-13(15(17)18)20-12(10)8-11/h2-6,8,13H,7H2,1H3,(H,17,18). The van der Waals surface area contributed by atoms with E-state index in [-0.39, 0.29) is 0 Å². The third-order valence-electron chi connectivity index (χ3n) is 3.10. The molecular formula is C15H13NO4. The maximum atomic E-state index is 10.9. The number of rotatable bonds is 3. The Labute approximate surface area is 115 Å². The minimum Gasteiger partial charge on any atom is -0.478 e. The quantitative estimate of drug-likeness (QED) is 0.929. The van der Waals surface area contributed by atoms with Crippen molar-refractivity contribution in [3.05, 3.63) is 47.7 Å². The van der Waals surface area contributed by atoms with Gasteiger partial charge in [0.05, 0.1) is 0 Å². The number of carboxylic acids is 1. The second-order valence-electron chi connectivity index (χ2n) is 4.69. The lowest BCUT2D eigenvalue weighted by Gasteiger charge is -2.07. The molecule has 3 rings (SSSR count). The van der Waals surface area contributed by atoms with Crippen molar-refractivity contribution in [2.24, 2.45) is 0 Å². The molecule has 20 heavy (non-hydrogen) atoms. The Balaban J connectivity index is 1.81. The van der Waals surface area contributed by atoms with E-state index in [1.807, 2.05) is 25.1 Å². The Hall–Kier alpha value is -2.56. The highest BCUT2D eigenvalue weighted by atomic mass is 16.5. The molecule has 2 heterocycles. The summed E-state index contributed by atoms with van der Waals surface area (Å²) in [6.07, 6.45) is 1.25. The highest BCUT2D eigenvalue weighted by Crippen LogP contribution is 2.33. The van der Waals surface area contributed by atoms with E-state index >= 15 is 0 Å². The van der Waals surface area contributed by atoms with Gasteiger partial charge in [-0.2, -0.15) is 0 Å². The first-order chi connectivity index (χ1) is 9.61. The van der Waals surface area contributed by atoms with Gasteiger partial charge < -0.3 is 14.6 Å². The average molecular weight is 271 g/mol. The third-order valence-corrected chi connectivity index (χ3v) is 3.10. The summed E-state index contributed by atoms with van der Waals surface area (Å²) in [5.41, 5.74) is 1.93. The first-order valence-electron chi connectivity index (χ1n) is 6.25. The van der Waals surface area contributed by atoms with Crippen LogP contribution in [0.15, 0.2) is 36.5 Å². The summed E-state index contributed by atoms with van der Waals surface area (Å²) in [6.45, 7) is 1.96. The molecule has 0 aliphatic carbocycles. The van der Waals surface area contributed by atoms with Crippen LogP contribution in [0.3, 0.4) is 0 Å². The van der Waals surface area contributed by atoms with E-state index in [9.17, 15) is 4.79 Å². The predicted molar refractivity (Wildman–Crippen MR) is 71.2 cm³/mol. The summed E-state index contributed by atoms with van der Waals surface area (Å²) in [4.78, 5) is 15.0. The van der Waals surface area contributed by atoms with Crippen LogP contribution in [-0.2, 0) is 11.2 Å². The topological polar surface area (TPSA) is 68.7 Å². The van der Waals surface area contributed by atoms with Crippen LogP contribution in [0.1, 0.15) is 11.1 Å². The molecule has 0 amide bonds. The summed E-state index contributed by atoms with van der Waals surface area (Å²) in [6, 6.07) is 9.02. The van der Waals surface area contributed by atoms with Gasteiger partial charge >= 0.3 is 5.97 Å². The molecule has 0 saturated carbocycles. The van der Waals surface area contributed by atoms with E-state index in [0.29, 0.717) is 23.8 Å². The summed E-state index contributed by atoms with van der Waals surface area (Å²) in [5, 5.41) is 8.95. The zero-order valence-electron chi connectivity index (χ0n) is 10.9. The minimum absolute atomic E-state index is 0.383. The van der Waals surface area contributed by atoms with Crippen LogP contribution >= 0.6 is 0 Å². The lowest BCUT2D eigenvalue weighted by molar-refractivity contribution is -0.144. The maximum absolute atomic E-state index is 10.9. The summed E-state index contributed by atoms with van der Waals surface area (Å²) in [7, 11) is 0. The summed E-state index contributed by atoms with van der Waals surface area (Å²) >= 11 is 0. The van der Waals surface area contributed by atoms with Crippen LogP contribution in [0.2, 0.25) is 0 Å². The van der Waals surface area contributed by atoms with Gasteiger partial charge in [-0.25, -0.2) is 9.78 Å². The van der Waals surface area contributed by atoms with Gasteiger partial charge in [0, 0.05) is 24.8 Å². The number of hydrogen-bond donors (Lipinski definition) is 1. The number of aryl methyl sites for hydroxylation is 1. The third kappa shape index (κ3) is 2.42. The number of fused-ring (bicyclic) bond motifs is 1. The van der Waals surface area contributed by atoms with E-state index in [0.717, 1.165) is 11.1 Å². The highest BCUT2D eigenvalue weighted by Gasteiger charge is 2.29. The van der Waals surface area contributed by atoms with E-state index in [1.165, 1.54) is 0 Å². The normalized spacial score (nSPS) is 16.4. The predicted octanol–water partition coefficient (Wildman–Crippen LogP) is 2.57. The molecule has 0 saturated heterocycles. The smallest absolute Gasteiger partial charge is 0.345 e. The van der Waals surface area contributed by atoms with Gasteiger partial charge in [0.15, 0.2) is 6.10 Å². The van der Waals surface area contributed by atoms with Gasteiger partial charge in [-0.05, 0) is 30.2 Å². The molecule has 2 aromatic rings. The van der Waals surface area contributed by atoms with Crippen molar-refractivity contribution in [1.29, 1.82) is 0 Å². The van der Waals surface area contributed by atoms with E-state index < -0.39 is 12.1 Å². The second-order valence-corrected chi connectivity index (χ2v) is 4.69. The molecule has 0 bridgehead atoms. The Kier molecular flexibility index (Phi) is 3.02. The highest BCUT2D eigenvalue weighted by molar-refractivity contribution is 5.74. The molecule has 1 aromatic carbocycles. The van der Waals surface area contributed by atoms with Gasteiger partial charge in [-0.3, -0.25) is 0 Å². The number of ether oxygens (including phenoxy) is 2. The Morgan fingerprint density at radius 2 is 2.25 bits per heavy atom. The minimum atomic E-state index is -0.955. The molecule has 0 spiro atoms. The number of aliphatic carboxylic acids is 1. The largest absolute Gasteiger partial charge is 0.478 e. The lowest BCUT2D eigenvalue weighted by atomic mass is 10.1. The molecule has 102 valence electrons. The van der Waals surface area contributed by atoms with Crippen molar-refractivity contribution in [3.63, 3.8) is 0 Å². The molecule has 1 aromatic heterocycles. The van der Waals surface area contributed by atoms with Crippen molar-refractivity contribution < 1.29 is 19.4 Å².